The molecule has 0 heterocycles. The summed E-state index contributed by atoms with van der Waals surface area (Å²) in [5.41, 5.74) is 1.31. The highest BCUT2D eigenvalue weighted by Crippen LogP contribution is 2.13. The van der Waals surface area contributed by atoms with Crippen molar-refractivity contribution in [2.75, 3.05) is 30.3 Å². The Labute approximate surface area is 155 Å². The van der Waals surface area contributed by atoms with E-state index >= 15 is 0 Å². The Morgan fingerprint density at radius 2 is 1.38 bits per heavy atom. The molecule has 0 fully saturated rings. The first-order chi connectivity index (χ1) is 12.4. The molecule has 3 amide bonds. The third-order valence-corrected chi connectivity index (χ3v) is 4.02. The van der Waals surface area contributed by atoms with Crippen LogP contribution in [0.4, 0.5) is 11.4 Å². The van der Waals surface area contributed by atoms with Crippen molar-refractivity contribution in [1.29, 1.82) is 0 Å². The van der Waals surface area contributed by atoms with E-state index in [-0.39, 0.29) is 36.9 Å². The van der Waals surface area contributed by atoms with Gasteiger partial charge in [0.05, 0.1) is 13.1 Å². The standard InChI is InChI=1S/C19H30N4O3/c1-5-15(6-2)21-18(25)12-23(7-3)13-19(26)22-17-10-8-16(9-11-17)20-14(4)24/h8-11,15H,5-7,12-13H2,1-4H3,(H,20,24)(H,21,25)(H,22,26). The molecule has 3 N–H and O–H groups in total. The number of carbonyl (C=O) groups is 3. The van der Waals surface area contributed by atoms with Gasteiger partial charge in [0.2, 0.25) is 17.7 Å². The van der Waals surface area contributed by atoms with Gasteiger partial charge in [-0.15, -0.1) is 0 Å². The van der Waals surface area contributed by atoms with Crippen LogP contribution in [0.25, 0.3) is 0 Å². The lowest BCUT2D eigenvalue weighted by Crippen LogP contribution is -2.44. The summed E-state index contributed by atoms with van der Waals surface area (Å²) in [6, 6.07) is 7.06. The van der Waals surface area contributed by atoms with E-state index in [4.69, 9.17) is 0 Å². The monoisotopic (exact) mass is 362 g/mol. The predicted octanol–water partition coefficient (Wildman–Crippen LogP) is 2.21. The Morgan fingerprint density at radius 1 is 0.885 bits per heavy atom. The van der Waals surface area contributed by atoms with E-state index < -0.39 is 0 Å². The molecular weight excluding hydrogens is 332 g/mol. The lowest BCUT2D eigenvalue weighted by Gasteiger charge is -2.21. The molecule has 7 heteroatoms. The molecular formula is C19H30N4O3. The number of carbonyl (C=O) groups excluding carboxylic acids is 3. The lowest BCUT2D eigenvalue weighted by molar-refractivity contribution is -0.124. The van der Waals surface area contributed by atoms with Gasteiger partial charge in [0.1, 0.15) is 0 Å². The Hall–Kier alpha value is -2.41. The molecule has 26 heavy (non-hydrogen) atoms. The van der Waals surface area contributed by atoms with Crippen LogP contribution in [-0.2, 0) is 14.4 Å². The van der Waals surface area contributed by atoms with Crippen LogP contribution in [0.1, 0.15) is 40.5 Å². The molecule has 0 atom stereocenters. The molecule has 1 aromatic carbocycles. The van der Waals surface area contributed by atoms with E-state index in [9.17, 15) is 14.4 Å². The van der Waals surface area contributed by atoms with Crippen LogP contribution < -0.4 is 16.0 Å². The van der Waals surface area contributed by atoms with Crippen LogP contribution in [0.2, 0.25) is 0 Å². The number of anilines is 2. The quantitative estimate of drug-likeness (QED) is 0.595. The van der Waals surface area contributed by atoms with Crippen molar-refractivity contribution in [3.8, 4) is 0 Å². The van der Waals surface area contributed by atoms with E-state index in [1.165, 1.54) is 6.92 Å². The van der Waals surface area contributed by atoms with Crippen LogP contribution in [0.5, 0.6) is 0 Å². The molecule has 0 aliphatic carbocycles. The third-order valence-electron chi connectivity index (χ3n) is 4.02. The van der Waals surface area contributed by atoms with Gasteiger partial charge in [-0.1, -0.05) is 20.8 Å². The summed E-state index contributed by atoms with van der Waals surface area (Å²) >= 11 is 0. The number of rotatable bonds is 10. The fourth-order valence-electron chi connectivity index (χ4n) is 2.49. The maximum atomic E-state index is 12.2. The van der Waals surface area contributed by atoms with Gasteiger partial charge in [-0.2, -0.15) is 0 Å². The minimum atomic E-state index is -0.186. The number of benzene rings is 1. The van der Waals surface area contributed by atoms with Gasteiger partial charge in [0.15, 0.2) is 0 Å². The van der Waals surface area contributed by atoms with Gasteiger partial charge in [-0.25, -0.2) is 0 Å². The number of amides is 3. The van der Waals surface area contributed by atoms with Crippen LogP contribution >= 0.6 is 0 Å². The summed E-state index contributed by atoms with van der Waals surface area (Å²) in [7, 11) is 0. The van der Waals surface area contributed by atoms with Gasteiger partial charge in [0, 0.05) is 24.3 Å². The topological polar surface area (TPSA) is 90.5 Å². The summed E-state index contributed by atoms with van der Waals surface area (Å²) in [6.45, 7) is 8.37. The highest BCUT2D eigenvalue weighted by Gasteiger charge is 2.15. The van der Waals surface area contributed by atoms with Crippen molar-refractivity contribution < 1.29 is 14.4 Å². The molecule has 0 spiro atoms. The minimum Gasteiger partial charge on any atom is -0.352 e. The Balaban J connectivity index is 2.50. The third kappa shape index (κ3) is 8.11. The molecule has 0 saturated heterocycles. The summed E-state index contributed by atoms with van der Waals surface area (Å²) < 4.78 is 0. The first-order valence-electron chi connectivity index (χ1n) is 9.07. The largest absolute Gasteiger partial charge is 0.352 e. The van der Waals surface area contributed by atoms with Gasteiger partial charge in [-0.3, -0.25) is 19.3 Å². The molecule has 0 saturated carbocycles. The van der Waals surface area contributed by atoms with Gasteiger partial charge in [-0.05, 0) is 43.7 Å². The smallest absolute Gasteiger partial charge is 0.238 e. The molecule has 1 aromatic rings. The van der Waals surface area contributed by atoms with E-state index in [1.807, 2.05) is 20.8 Å². The SMILES string of the molecule is CCC(CC)NC(=O)CN(CC)CC(=O)Nc1ccc(NC(C)=O)cc1. The first kappa shape index (κ1) is 21.6. The predicted molar refractivity (Wildman–Crippen MR) is 104 cm³/mol. The van der Waals surface area contributed by atoms with Crippen molar-refractivity contribution in [1.82, 2.24) is 10.2 Å². The number of hydrogen-bond donors (Lipinski definition) is 3. The molecule has 0 unspecified atom stereocenters. The van der Waals surface area contributed by atoms with E-state index in [2.05, 4.69) is 16.0 Å². The van der Waals surface area contributed by atoms with E-state index in [0.717, 1.165) is 12.8 Å². The summed E-state index contributed by atoms with van der Waals surface area (Å²) in [5, 5.41) is 8.45. The molecule has 0 bridgehead atoms. The molecule has 144 valence electrons. The van der Waals surface area contributed by atoms with Crippen molar-refractivity contribution in [2.45, 2.75) is 46.6 Å². The highest BCUT2D eigenvalue weighted by molar-refractivity contribution is 5.93. The molecule has 0 aliphatic rings. The zero-order valence-electron chi connectivity index (χ0n) is 16.1. The highest BCUT2D eigenvalue weighted by atomic mass is 16.2. The first-order valence-corrected chi connectivity index (χ1v) is 9.07. The summed E-state index contributed by atoms with van der Waals surface area (Å²) in [4.78, 5) is 37.1. The summed E-state index contributed by atoms with van der Waals surface area (Å²) in [5.74, 6) is -0.394. The van der Waals surface area contributed by atoms with Crippen LogP contribution in [0.3, 0.4) is 0 Å². The maximum absolute atomic E-state index is 12.2. The summed E-state index contributed by atoms with van der Waals surface area (Å²) in [6.07, 6.45) is 1.78. The fraction of sp³-hybridized carbons (Fsp3) is 0.526. The van der Waals surface area contributed by atoms with Crippen LogP contribution in [0.15, 0.2) is 24.3 Å². The normalized spacial score (nSPS) is 10.7. The van der Waals surface area contributed by atoms with Crippen molar-refractivity contribution >= 4 is 29.1 Å². The molecule has 0 radical (unpaired) electrons. The van der Waals surface area contributed by atoms with Crippen molar-refractivity contribution in [3.05, 3.63) is 24.3 Å². The van der Waals surface area contributed by atoms with Crippen molar-refractivity contribution in [2.24, 2.45) is 0 Å². The maximum Gasteiger partial charge on any atom is 0.238 e. The number of hydrogen-bond acceptors (Lipinski definition) is 4. The minimum absolute atomic E-state index is 0.0620. The molecule has 7 nitrogen and oxygen atoms in total. The fourth-order valence-corrected chi connectivity index (χ4v) is 2.49. The average Bonchev–Trinajstić information content (AvgIpc) is 2.60. The van der Waals surface area contributed by atoms with Crippen LogP contribution in [-0.4, -0.2) is 48.3 Å². The second kappa shape index (κ2) is 11.3. The Bertz CT molecular complexity index is 597. The zero-order valence-corrected chi connectivity index (χ0v) is 16.1. The number of nitrogens with one attached hydrogen (secondary N) is 3. The Morgan fingerprint density at radius 3 is 1.85 bits per heavy atom. The molecule has 0 aromatic heterocycles. The van der Waals surface area contributed by atoms with E-state index in [0.29, 0.717) is 17.9 Å². The van der Waals surface area contributed by atoms with Gasteiger partial charge < -0.3 is 16.0 Å². The number of likely N-dealkylation sites (N-methyl/N-ethyl adjacent to an activating group) is 1. The van der Waals surface area contributed by atoms with E-state index in [1.54, 1.807) is 29.2 Å². The van der Waals surface area contributed by atoms with Gasteiger partial charge >= 0.3 is 0 Å². The zero-order chi connectivity index (χ0) is 19.5. The van der Waals surface area contributed by atoms with Gasteiger partial charge in [0.25, 0.3) is 0 Å². The number of nitrogens with zero attached hydrogens (tertiary/aromatic N) is 1. The Kier molecular flexibility index (Phi) is 9.36. The van der Waals surface area contributed by atoms with Crippen molar-refractivity contribution in [3.63, 3.8) is 0 Å². The second-order valence-corrected chi connectivity index (χ2v) is 6.19. The molecule has 1 rings (SSSR count). The molecule has 0 aliphatic heterocycles. The lowest BCUT2D eigenvalue weighted by atomic mass is 10.2. The average molecular weight is 362 g/mol. The van der Waals surface area contributed by atoms with Crippen LogP contribution in [0, 0.1) is 0 Å². The second-order valence-electron chi connectivity index (χ2n) is 6.19.